The summed E-state index contributed by atoms with van der Waals surface area (Å²) in [7, 11) is 3.42. The molecule has 4 rings (SSSR count). The maximum atomic E-state index is 12.7. The van der Waals surface area contributed by atoms with Gasteiger partial charge in [0.2, 0.25) is 0 Å². The number of esters is 1. The third-order valence-electron chi connectivity index (χ3n) is 6.08. The van der Waals surface area contributed by atoms with Gasteiger partial charge in [-0.05, 0) is 44.5 Å². The van der Waals surface area contributed by atoms with Gasteiger partial charge in [-0.2, -0.15) is 0 Å². The first-order chi connectivity index (χ1) is 13.7. The van der Waals surface area contributed by atoms with E-state index in [9.17, 15) is 4.79 Å². The van der Waals surface area contributed by atoms with Crippen LogP contribution in [0.2, 0.25) is 0 Å². The van der Waals surface area contributed by atoms with Gasteiger partial charge < -0.3 is 18.6 Å². The maximum Gasteiger partial charge on any atom is 0.313 e. The van der Waals surface area contributed by atoms with Crippen molar-refractivity contribution in [3.63, 3.8) is 0 Å². The Morgan fingerprint density at radius 2 is 1.79 bits per heavy atom. The first-order valence-electron chi connectivity index (χ1n) is 10.1. The molecule has 152 valence electrons. The van der Waals surface area contributed by atoms with E-state index < -0.39 is 0 Å². The van der Waals surface area contributed by atoms with Crippen LogP contribution >= 0.6 is 0 Å². The Labute approximate surface area is 165 Å². The number of ether oxygens (including phenoxy) is 3. The summed E-state index contributed by atoms with van der Waals surface area (Å²) in [6, 6.07) is 9.86. The number of furan rings is 1. The largest absolute Gasteiger partial charge is 0.460 e. The van der Waals surface area contributed by atoms with Crippen molar-refractivity contribution in [3.05, 3.63) is 36.1 Å². The van der Waals surface area contributed by atoms with Crippen molar-refractivity contribution in [2.24, 2.45) is 0 Å². The van der Waals surface area contributed by atoms with E-state index in [0.717, 1.165) is 30.5 Å². The summed E-state index contributed by atoms with van der Waals surface area (Å²) in [5, 5.41) is 1.00. The molecule has 1 saturated carbocycles. The summed E-state index contributed by atoms with van der Waals surface area (Å²) in [5.41, 5.74) is 0.792. The first kappa shape index (κ1) is 19.4. The minimum absolute atomic E-state index is 0.0286. The Balaban J connectivity index is 1.45. The van der Waals surface area contributed by atoms with Crippen LogP contribution in [0.25, 0.3) is 11.0 Å². The molecule has 0 spiro atoms. The molecule has 0 radical (unpaired) electrons. The van der Waals surface area contributed by atoms with E-state index in [1.807, 2.05) is 30.3 Å². The third kappa shape index (κ3) is 4.09. The van der Waals surface area contributed by atoms with Crippen molar-refractivity contribution in [2.45, 2.75) is 56.5 Å². The summed E-state index contributed by atoms with van der Waals surface area (Å²) >= 11 is 0. The molecule has 28 heavy (non-hydrogen) atoms. The highest BCUT2D eigenvalue weighted by atomic mass is 16.6. The Kier molecular flexibility index (Phi) is 5.99. The predicted molar refractivity (Wildman–Crippen MR) is 105 cm³/mol. The van der Waals surface area contributed by atoms with E-state index >= 15 is 0 Å². The van der Waals surface area contributed by atoms with Crippen LogP contribution in [0.5, 0.6) is 0 Å². The lowest BCUT2D eigenvalue weighted by Crippen LogP contribution is -2.54. The van der Waals surface area contributed by atoms with Gasteiger partial charge in [0, 0.05) is 32.1 Å². The summed E-state index contributed by atoms with van der Waals surface area (Å²) in [6.07, 6.45) is 3.78. The van der Waals surface area contributed by atoms with Crippen LogP contribution in [0.1, 0.15) is 31.4 Å². The second-order valence-corrected chi connectivity index (χ2v) is 7.79. The van der Waals surface area contributed by atoms with Gasteiger partial charge in [0.1, 0.15) is 23.9 Å². The van der Waals surface area contributed by atoms with Crippen LogP contribution in [-0.4, -0.2) is 62.5 Å². The van der Waals surface area contributed by atoms with Gasteiger partial charge in [-0.15, -0.1) is 0 Å². The van der Waals surface area contributed by atoms with Crippen molar-refractivity contribution in [1.29, 1.82) is 0 Å². The van der Waals surface area contributed by atoms with Gasteiger partial charge in [0.05, 0.1) is 12.2 Å². The Morgan fingerprint density at radius 1 is 1.07 bits per heavy atom. The Hall–Kier alpha value is -1.89. The first-order valence-corrected chi connectivity index (χ1v) is 10.1. The van der Waals surface area contributed by atoms with Gasteiger partial charge >= 0.3 is 5.97 Å². The van der Waals surface area contributed by atoms with Crippen LogP contribution in [0, 0.1) is 0 Å². The predicted octanol–water partition coefficient (Wildman–Crippen LogP) is 3.18. The summed E-state index contributed by atoms with van der Waals surface area (Å²) in [6.45, 7) is 2.10. The lowest BCUT2D eigenvalue weighted by Gasteiger charge is -2.43. The quantitative estimate of drug-likeness (QED) is 0.710. The molecule has 1 aromatic carbocycles. The number of fused-ring (bicyclic) bond motifs is 1. The number of nitrogens with zero attached hydrogens (tertiary/aromatic N) is 1. The van der Waals surface area contributed by atoms with E-state index in [0.29, 0.717) is 12.2 Å². The molecule has 2 aliphatic rings. The molecular formula is C22H29NO5. The molecule has 6 heteroatoms. The smallest absolute Gasteiger partial charge is 0.313 e. The average Bonchev–Trinajstić information content (AvgIpc) is 3.36. The fourth-order valence-electron chi connectivity index (χ4n) is 4.64. The minimum Gasteiger partial charge on any atom is -0.460 e. The Bertz CT molecular complexity index is 764. The van der Waals surface area contributed by atoms with Gasteiger partial charge in [0.15, 0.2) is 0 Å². The molecule has 1 aliphatic heterocycles. The van der Waals surface area contributed by atoms with E-state index in [1.165, 1.54) is 12.8 Å². The summed E-state index contributed by atoms with van der Waals surface area (Å²) in [5.74, 6) is 0.386. The second kappa shape index (κ2) is 8.64. The number of rotatable bonds is 6. The van der Waals surface area contributed by atoms with E-state index in [4.69, 9.17) is 18.6 Å². The van der Waals surface area contributed by atoms with Gasteiger partial charge in [0.25, 0.3) is 0 Å². The highest BCUT2D eigenvalue weighted by molar-refractivity contribution is 5.80. The molecule has 2 fully saturated rings. The van der Waals surface area contributed by atoms with E-state index in [1.54, 1.807) is 14.2 Å². The molecule has 0 bridgehead atoms. The number of hydrogen-bond donors (Lipinski definition) is 0. The fraction of sp³-hybridized carbons (Fsp3) is 0.591. The van der Waals surface area contributed by atoms with Crippen LogP contribution in [0.4, 0.5) is 0 Å². The van der Waals surface area contributed by atoms with Crippen LogP contribution < -0.4 is 0 Å². The molecule has 0 N–H and O–H groups in total. The number of para-hydroxylation sites is 1. The molecule has 1 aromatic heterocycles. The molecule has 6 nitrogen and oxygen atoms in total. The van der Waals surface area contributed by atoms with Crippen molar-refractivity contribution in [2.75, 3.05) is 27.3 Å². The average molecular weight is 387 g/mol. The highest BCUT2D eigenvalue weighted by Gasteiger charge is 2.42. The van der Waals surface area contributed by atoms with E-state index in [2.05, 4.69) is 4.90 Å². The number of carbonyl (C=O) groups is 1. The van der Waals surface area contributed by atoms with Crippen LogP contribution in [0.15, 0.2) is 34.7 Å². The van der Waals surface area contributed by atoms with Crippen LogP contribution in [0.3, 0.4) is 0 Å². The number of hydrogen-bond acceptors (Lipinski definition) is 6. The lowest BCUT2D eigenvalue weighted by molar-refractivity contribution is -0.165. The normalized spacial score (nSPS) is 28.6. The number of likely N-dealkylation sites (tertiary alicyclic amines) is 1. The monoisotopic (exact) mass is 387 g/mol. The van der Waals surface area contributed by atoms with Crippen LogP contribution in [-0.2, 0) is 25.4 Å². The zero-order valence-electron chi connectivity index (χ0n) is 16.6. The number of methoxy groups -OCH3 is 2. The Morgan fingerprint density at radius 3 is 2.50 bits per heavy atom. The fourth-order valence-corrected chi connectivity index (χ4v) is 4.64. The zero-order valence-corrected chi connectivity index (χ0v) is 16.6. The van der Waals surface area contributed by atoms with Crippen molar-refractivity contribution in [1.82, 2.24) is 4.90 Å². The van der Waals surface area contributed by atoms with Crippen molar-refractivity contribution in [3.8, 4) is 0 Å². The molecule has 1 aliphatic carbocycles. The zero-order chi connectivity index (χ0) is 19.5. The SMILES string of the molecule is COC1CC(OC(=O)Cc2cc3ccccc3o2)C(N2CCCC2)CC1OC. The van der Waals surface area contributed by atoms with Gasteiger partial charge in [-0.3, -0.25) is 9.69 Å². The standard InChI is InChI=1S/C22H29NO5/c1-25-20-13-17(23-9-5-6-10-23)19(14-21(20)26-2)28-22(24)12-16-11-15-7-3-4-8-18(15)27-16/h3-4,7-8,11,17,19-21H,5-6,9-10,12-14H2,1-2H3. The molecule has 2 aromatic rings. The molecule has 1 saturated heterocycles. The number of carbonyl (C=O) groups excluding carboxylic acids is 1. The maximum absolute atomic E-state index is 12.7. The van der Waals surface area contributed by atoms with Crippen molar-refractivity contribution >= 4 is 16.9 Å². The van der Waals surface area contributed by atoms with Gasteiger partial charge in [-0.1, -0.05) is 18.2 Å². The topological polar surface area (TPSA) is 61.1 Å². The molecule has 2 heterocycles. The summed E-state index contributed by atoms with van der Waals surface area (Å²) in [4.78, 5) is 15.1. The van der Waals surface area contributed by atoms with Crippen molar-refractivity contribution < 1.29 is 23.4 Å². The molecule has 0 amide bonds. The highest BCUT2D eigenvalue weighted by Crippen LogP contribution is 2.32. The molecule has 4 unspecified atom stereocenters. The minimum atomic E-state index is -0.251. The lowest BCUT2D eigenvalue weighted by atomic mass is 9.86. The molecular weight excluding hydrogens is 358 g/mol. The van der Waals surface area contributed by atoms with E-state index in [-0.39, 0.29) is 36.7 Å². The van der Waals surface area contributed by atoms with Gasteiger partial charge in [-0.25, -0.2) is 0 Å². The third-order valence-corrected chi connectivity index (χ3v) is 6.08. The second-order valence-electron chi connectivity index (χ2n) is 7.79. The molecule has 4 atom stereocenters. The summed E-state index contributed by atoms with van der Waals surface area (Å²) < 4.78 is 23.0. The number of benzene rings is 1.